The van der Waals surface area contributed by atoms with E-state index >= 15 is 0 Å². The van der Waals surface area contributed by atoms with E-state index in [4.69, 9.17) is 0 Å². The summed E-state index contributed by atoms with van der Waals surface area (Å²) in [5.74, 6) is 1.55. The molecule has 0 radical (unpaired) electrons. The zero-order valence-corrected chi connectivity index (χ0v) is 9.74. The Kier molecular flexibility index (Phi) is 3.41. The molecule has 0 saturated heterocycles. The van der Waals surface area contributed by atoms with Crippen LogP contribution in [0, 0.1) is 5.92 Å². The van der Waals surface area contributed by atoms with E-state index in [1.165, 1.54) is 24.8 Å². The van der Waals surface area contributed by atoms with Crippen molar-refractivity contribution in [2.24, 2.45) is 13.0 Å². The second kappa shape index (κ2) is 4.79. The lowest BCUT2D eigenvalue weighted by Crippen LogP contribution is -2.24. The van der Waals surface area contributed by atoms with Crippen LogP contribution in [0.5, 0.6) is 0 Å². The Bertz CT molecular complexity index is 306. The third-order valence-electron chi connectivity index (χ3n) is 3.47. The fourth-order valence-electron chi connectivity index (χ4n) is 2.68. The van der Waals surface area contributed by atoms with Crippen molar-refractivity contribution in [3.63, 3.8) is 0 Å². The predicted molar refractivity (Wildman–Crippen MR) is 61.8 cm³/mol. The molecule has 2 rings (SSSR count). The van der Waals surface area contributed by atoms with E-state index < -0.39 is 0 Å². The standard InChI is InChI=1S/C12H21N3/c1-3-13-7-10-5-4-6-12(10)11-8-14-15(2)9-11/h8-10,12-13H,3-7H2,1-2H3. The SMILES string of the molecule is CCNCC1CCCC1c1cnn(C)c1. The molecule has 1 aliphatic carbocycles. The van der Waals surface area contributed by atoms with Crippen LogP contribution in [0.1, 0.15) is 37.7 Å². The van der Waals surface area contributed by atoms with Gasteiger partial charge in [0.25, 0.3) is 0 Å². The molecule has 84 valence electrons. The summed E-state index contributed by atoms with van der Waals surface area (Å²) in [6.07, 6.45) is 8.29. The fraction of sp³-hybridized carbons (Fsp3) is 0.750. The van der Waals surface area contributed by atoms with Gasteiger partial charge in [-0.05, 0) is 43.3 Å². The molecule has 0 aromatic carbocycles. The van der Waals surface area contributed by atoms with Crippen LogP contribution < -0.4 is 5.32 Å². The number of nitrogens with one attached hydrogen (secondary N) is 1. The molecule has 1 fully saturated rings. The first kappa shape index (κ1) is 10.7. The number of hydrogen-bond acceptors (Lipinski definition) is 2. The topological polar surface area (TPSA) is 29.9 Å². The van der Waals surface area contributed by atoms with E-state index in [1.807, 2.05) is 17.9 Å². The van der Waals surface area contributed by atoms with Gasteiger partial charge in [0.15, 0.2) is 0 Å². The third kappa shape index (κ3) is 2.40. The Morgan fingerprint density at radius 3 is 3.07 bits per heavy atom. The molecule has 1 aromatic rings. The Morgan fingerprint density at radius 2 is 2.40 bits per heavy atom. The molecule has 2 unspecified atom stereocenters. The van der Waals surface area contributed by atoms with Gasteiger partial charge in [-0.3, -0.25) is 4.68 Å². The predicted octanol–water partition coefficient (Wildman–Crippen LogP) is 1.91. The second-order valence-electron chi connectivity index (χ2n) is 4.55. The number of rotatable bonds is 4. The molecule has 1 aromatic heterocycles. The molecule has 1 aliphatic rings. The number of aryl methyl sites for hydroxylation is 1. The lowest BCUT2D eigenvalue weighted by Gasteiger charge is -2.18. The summed E-state index contributed by atoms with van der Waals surface area (Å²) < 4.78 is 1.91. The van der Waals surface area contributed by atoms with Crippen LogP contribution in [0.15, 0.2) is 12.4 Å². The fourth-order valence-corrected chi connectivity index (χ4v) is 2.68. The van der Waals surface area contributed by atoms with Gasteiger partial charge < -0.3 is 5.32 Å². The average molecular weight is 207 g/mol. The van der Waals surface area contributed by atoms with Crippen molar-refractivity contribution >= 4 is 0 Å². The van der Waals surface area contributed by atoms with Crippen LogP contribution >= 0.6 is 0 Å². The highest BCUT2D eigenvalue weighted by atomic mass is 15.2. The summed E-state index contributed by atoms with van der Waals surface area (Å²) in [4.78, 5) is 0. The van der Waals surface area contributed by atoms with Gasteiger partial charge in [-0.15, -0.1) is 0 Å². The van der Waals surface area contributed by atoms with Crippen LogP contribution in [-0.4, -0.2) is 22.9 Å². The molecular weight excluding hydrogens is 186 g/mol. The average Bonchev–Trinajstić information content (AvgIpc) is 2.82. The van der Waals surface area contributed by atoms with Crippen LogP contribution in [0.4, 0.5) is 0 Å². The highest BCUT2D eigenvalue weighted by Gasteiger charge is 2.28. The van der Waals surface area contributed by atoms with Crippen molar-refractivity contribution < 1.29 is 0 Å². The first-order valence-electron chi connectivity index (χ1n) is 6.00. The Balaban J connectivity index is 2.01. The summed E-state index contributed by atoms with van der Waals surface area (Å²) in [6.45, 7) is 4.42. The highest BCUT2D eigenvalue weighted by molar-refractivity contribution is 5.14. The number of aromatic nitrogens is 2. The first-order chi connectivity index (χ1) is 7.31. The van der Waals surface area contributed by atoms with Gasteiger partial charge in [0.2, 0.25) is 0 Å². The van der Waals surface area contributed by atoms with Gasteiger partial charge >= 0.3 is 0 Å². The summed E-state index contributed by atoms with van der Waals surface area (Å²) in [5, 5.41) is 7.74. The molecule has 0 amide bonds. The largest absolute Gasteiger partial charge is 0.317 e. The second-order valence-corrected chi connectivity index (χ2v) is 4.55. The van der Waals surface area contributed by atoms with Crippen molar-refractivity contribution in [1.82, 2.24) is 15.1 Å². The minimum atomic E-state index is 0.734. The normalized spacial score (nSPS) is 26.0. The zero-order chi connectivity index (χ0) is 10.7. The lowest BCUT2D eigenvalue weighted by atomic mass is 9.91. The van der Waals surface area contributed by atoms with Crippen LogP contribution in [0.2, 0.25) is 0 Å². The molecule has 1 saturated carbocycles. The van der Waals surface area contributed by atoms with Gasteiger partial charge in [-0.25, -0.2) is 0 Å². The summed E-state index contributed by atoms with van der Waals surface area (Å²) >= 11 is 0. The number of nitrogens with zero attached hydrogens (tertiary/aromatic N) is 2. The minimum absolute atomic E-state index is 0.734. The van der Waals surface area contributed by atoms with Gasteiger partial charge in [0, 0.05) is 13.2 Å². The third-order valence-corrected chi connectivity index (χ3v) is 3.47. The minimum Gasteiger partial charge on any atom is -0.317 e. The molecule has 15 heavy (non-hydrogen) atoms. The quantitative estimate of drug-likeness (QED) is 0.817. The summed E-state index contributed by atoms with van der Waals surface area (Å²) in [6, 6.07) is 0. The van der Waals surface area contributed by atoms with Crippen molar-refractivity contribution in [1.29, 1.82) is 0 Å². The van der Waals surface area contributed by atoms with E-state index in [0.717, 1.165) is 24.9 Å². The van der Waals surface area contributed by atoms with Crippen LogP contribution in [0.25, 0.3) is 0 Å². The maximum Gasteiger partial charge on any atom is 0.0524 e. The van der Waals surface area contributed by atoms with Crippen molar-refractivity contribution in [3.8, 4) is 0 Å². The van der Waals surface area contributed by atoms with Gasteiger partial charge in [0.05, 0.1) is 6.20 Å². The molecule has 0 aliphatic heterocycles. The molecule has 3 heteroatoms. The van der Waals surface area contributed by atoms with Crippen molar-refractivity contribution in [2.45, 2.75) is 32.1 Å². The Hall–Kier alpha value is -0.830. The van der Waals surface area contributed by atoms with Crippen LogP contribution in [0.3, 0.4) is 0 Å². The lowest BCUT2D eigenvalue weighted by molar-refractivity contribution is 0.450. The molecule has 1 N–H and O–H groups in total. The molecule has 0 bridgehead atoms. The number of hydrogen-bond donors (Lipinski definition) is 1. The molecule has 3 nitrogen and oxygen atoms in total. The monoisotopic (exact) mass is 207 g/mol. The van der Waals surface area contributed by atoms with E-state index in [2.05, 4.69) is 23.5 Å². The van der Waals surface area contributed by atoms with E-state index in [0.29, 0.717) is 0 Å². The van der Waals surface area contributed by atoms with E-state index in [9.17, 15) is 0 Å². The zero-order valence-electron chi connectivity index (χ0n) is 9.74. The van der Waals surface area contributed by atoms with Crippen molar-refractivity contribution in [3.05, 3.63) is 18.0 Å². The molecule has 0 spiro atoms. The van der Waals surface area contributed by atoms with Gasteiger partial charge in [0.1, 0.15) is 0 Å². The molecular formula is C12H21N3. The Labute approximate surface area is 91.9 Å². The maximum absolute atomic E-state index is 4.27. The maximum atomic E-state index is 4.27. The Morgan fingerprint density at radius 1 is 1.53 bits per heavy atom. The van der Waals surface area contributed by atoms with E-state index in [-0.39, 0.29) is 0 Å². The van der Waals surface area contributed by atoms with Crippen LogP contribution in [-0.2, 0) is 7.05 Å². The smallest absolute Gasteiger partial charge is 0.0524 e. The highest BCUT2D eigenvalue weighted by Crippen LogP contribution is 2.38. The van der Waals surface area contributed by atoms with Gasteiger partial charge in [-0.2, -0.15) is 5.10 Å². The van der Waals surface area contributed by atoms with Gasteiger partial charge in [-0.1, -0.05) is 13.3 Å². The van der Waals surface area contributed by atoms with Crippen molar-refractivity contribution in [2.75, 3.05) is 13.1 Å². The summed E-state index contributed by atoms with van der Waals surface area (Å²) in [7, 11) is 2.00. The first-order valence-corrected chi connectivity index (χ1v) is 6.00. The molecule has 1 heterocycles. The molecule has 2 atom stereocenters. The van der Waals surface area contributed by atoms with E-state index in [1.54, 1.807) is 0 Å². The summed E-state index contributed by atoms with van der Waals surface area (Å²) in [5.41, 5.74) is 1.43.